The van der Waals surface area contributed by atoms with Gasteiger partial charge in [0.2, 0.25) is 11.8 Å². The maximum absolute atomic E-state index is 13.1. The first kappa shape index (κ1) is 23.1. The molecule has 9 heteroatoms. The quantitative estimate of drug-likeness (QED) is 0.687. The lowest BCUT2D eigenvalue weighted by atomic mass is 9.92. The predicted octanol–water partition coefficient (Wildman–Crippen LogP) is 1.28. The second-order valence-corrected chi connectivity index (χ2v) is 10.2. The van der Waals surface area contributed by atoms with Crippen LogP contribution in [0.5, 0.6) is 0 Å². The molecule has 3 heterocycles. The number of nitrogens with one attached hydrogen (secondary N) is 1. The second kappa shape index (κ2) is 8.70. The third-order valence-electron chi connectivity index (χ3n) is 6.52. The van der Waals surface area contributed by atoms with E-state index < -0.39 is 29.7 Å². The summed E-state index contributed by atoms with van der Waals surface area (Å²) in [6.07, 6.45) is 1.25. The van der Waals surface area contributed by atoms with Crippen LogP contribution in [0.3, 0.4) is 0 Å². The van der Waals surface area contributed by atoms with Crippen molar-refractivity contribution < 1.29 is 24.0 Å². The van der Waals surface area contributed by atoms with Crippen LogP contribution < -0.4 is 5.32 Å². The van der Waals surface area contributed by atoms with Gasteiger partial charge in [-0.15, -0.1) is 0 Å². The van der Waals surface area contributed by atoms with Crippen LogP contribution in [0.1, 0.15) is 71.1 Å². The highest BCUT2D eigenvalue weighted by atomic mass is 16.2. The summed E-state index contributed by atoms with van der Waals surface area (Å²) in [4.78, 5) is 67.6. The molecule has 33 heavy (non-hydrogen) atoms. The molecule has 1 atom stereocenters. The van der Waals surface area contributed by atoms with Gasteiger partial charge in [0.25, 0.3) is 17.7 Å². The lowest BCUT2D eigenvalue weighted by molar-refractivity contribution is -0.136. The standard InChI is InChI=1S/C24H30N4O5/c1-24(2,3)8-9-26-10-12-27(13-11-26)21(31)15-4-5-16-17(14-15)23(33)28(22(16)32)18-6-7-19(29)25-20(18)30/h4-5,14,18H,6-13H2,1-3H3,(H,25,29,30). The summed E-state index contributed by atoms with van der Waals surface area (Å²) in [6.45, 7) is 10.5. The monoisotopic (exact) mass is 454 g/mol. The Morgan fingerprint density at radius 2 is 1.67 bits per heavy atom. The van der Waals surface area contributed by atoms with E-state index in [9.17, 15) is 24.0 Å². The van der Waals surface area contributed by atoms with E-state index in [1.54, 1.807) is 11.0 Å². The molecule has 0 bridgehead atoms. The first-order valence-corrected chi connectivity index (χ1v) is 11.4. The minimum Gasteiger partial charge on any atom is -0.336 e. The summed E-state index contributed by atoms with van der Waals surface area (Å²) in [6, 6.07) is 3.48. The Bertz CT molecular complexity index is 1020. The van der Waals surface area contributed by atoms with Crippen molar-refractivity contribution in [1.29, 1.82) is 0 Å². The Morgan fingerprint density at radius 3 is 2.30 bits per heavy atom. The molecule has 1 aromatic carbocycles. The van der Waals surface area contributed by atoms with E-state index in [0.29, 0.717) is 18.7 Å². The number of rotatable bonds is 4. The number of piperidine rings is 1. The molecule has 0 saturated carbocycles. The van der Waals surface area contributed by atoms with E-state index in [4.69, 9.17) is 0 Å². The molecule has 0 aromatic heterocycles. The minimum atomic E-state index is -1.02. The lowest BCUT2D eigenvalue weighted by Crippen LogP contribution is -2.54. The van der Waals surface area contributed by atoms with Crippen molar-refractivity contribution in [3.8, 4) is 0 Å². The van der Waals surface area contributed by atoms with Crippen molar-refractivity contribution in [1.82, 2.24) is 20.0 Å². The molecule has 1 unspecified atom stereocenters. The molecule has 4 rings (SSSR count). The van der Waals surface area contributed by atoms with Gasteiger partial charge in [0.1, 0.15) is 6.04 Å². The van der Waals surface area contributed by atoms with Crippen molar-refractivity contribution in [3.63, 3.8) is 0 Å². The van der Waals surface area contributed by atoms with E-state index >= 15 is 0 Å². The highest BCUT2D eigenvalue weighted by molar-refractivity contribution is 6.24. The van der Waals surface area contributed by atoms with Crippen LogP contribution in [0.15, 0.2) is 18.2 Å². The fourth-order valence-corrected chi connectivity index (χ4v) is 4.45. The van der Waals surface area contributed by atoms with E-state index in [-0.39, 0.29) is 35.3 Å². The molecule has 2 fully saturated rings. The van der Waals surface area contributed by atoms with Crippen LogP contribution in [0.25, 0.3) is 0 Å². The number of hydrogen-bond acceptors (Lipinski definition) is 6. The number of imide groups is 2. The third kappa shape index (κ3) is 4.68. The highest BCUT2D eigenvalue weighted by Gasteiger charge is 2.44. The van der Waals surface area contributed by atoms with Crippen LogP contribution in [-0.4, -0.2) is 83.0 Å². The van der Waals surface area contributed by atoms with Gasteiger partial charge in [-0.2, -0.15) is 0 Å². The third-order valence-corrected chi connectivity index (χ3v) is 6.52. The first-order valence-electron chi connectivity index (χ1n) is 11.4. The van der Waals surface area contributed by atoms with Gasteiger partial charge < -0.3 is 4.90 Å². The van der Waals surface area contributed by atoms with Gasteiger partial charge >= 0.3 is 0 Å². The average molecular weight is 455 g/mol. The number of carbonyl (C=O) groups is 5. The molecule has 5 amide bonds. The van der Waals surface area contributed by atoms with Crippen molar-refractivity contribution in [2.45, 2.75) is 46.1 Å². The Hall–Kier alpha value is -3.07. The molecule has 1 N–H and O–H groups in total. The smallest absolute Gasteiger partial charge is 0.262 e. The van der Waals surface area contributed by atoms with Crippen molar-refractivity contribution in [2.24, 2.45) is 5.41 Å². The molecule has 3 aliphatic heterocycles. The summed E-state index contributed by atoms with van der Waals surface area (Å²) >= 11 is 0. The SMILES string of the molecule is CC(C)(C)CCN1CCN(C(=O)c2ccc3c(c2)C(=O)N(C2CCC(=O)NC2=O)C3=O)CC1. The normalized spacial score (nSPS) is 22.0. The fraction of sp³-hybridized carbons (Fsp3) is 0.542. The number of carbonyl (C=O) groups excluding carboxylic acids is 5. The summed E-state index contributed by atoms with van der Waals surface area (Å²) in [5.41, 5.74) is 0.916. The maximum atomic E-state index is 13.1. The average Bonchev–Trinajstić information content (AvgIpc) is 3.01. The van der Waals surface area contributed by atoms with Gasteiger partial charge in [-0.05, 0) is 43.0 Å². The fourth-order valence-electron chi connectivity index (χ4n) is 4.45. The number of nitrogens with zero attached hydrogens (tertiary/aromatic N) is 3. The predicted molar refractivity (Wildman–Crippen MR) is 120 cm³/mol. The summed E-state index contributed by atoms with van der Waals surface area (Å²) < 4.78 is 0. The Morgan fingerprint density at radius 1 is 1.00 bits per heavy atom. The van der Waals surface area contributed by atoms with Crippen LogP contribution >= 0.6 is 0 Å². The highest BCUT2D eigenvalue weighted by Crippen LogP contribution is 2.29. The lowest BCUT2D eigenvalue weighted by Gasteiger charge is -2.36. The summed E-state index contributed by atoms with van der Waals surface area (Å²) in [5, 5.41) is 2.18. The zero-order valence-corrected chi connectivity index (χ0v) is 19.3. The zero-order valence-electron chi connectivity index (χ0n) is 19.3. The number of hydrogen-bond donors (Lipinski definition) is 1. The van der Waals surface area contributed by atoms with Gasteiger partial charge in [-0.25, -0.2) is 0 Å². The molecule has 0 aliphatic carbocycles. The molecule has 1 aromatic rings. The number of fused-ring (bicyclic) bond motifs is 1. The topological polar surface area (TPSA) is 107 Å². The number of piperazine rings is 1. The van der Waals surface area contributed by atoms with E-state index in [0.717, 1.165) is 31.0 Å². The van der Waals surface area contributed by atoms with Crippen molar-refractivity contribution >= 4 is 29.5 Å². The van der Waals surface area contributed by atoms with Gasteiger partial charge in [-0.3, -0.25) is 39.1 Å². The molecule has 0 radical (unpaired) electrons. The Labute approximate surface area is 193 Å². The Balaban J connectivity index is 1.44. The molecule has 176 valence electrons. The van der Waals surface area contributed by atoms with E-state index in [1.165, 1.54) is 12.1 Å². The van der Waals surface area contributed by atoms with Crippen LogP contribution in [0, 0.1) is 5.41 Å². The number of amides is 5. The minimum absolute atomic E-state index is 0.0648. The summed E-state index contributed by atoms with van der Waals surface area (Å²) in [5.74, 6) is -2.42. The van der Waals surface area contributed by atoms with Gasteiger partial charge in [0.05, 0.1) is 11.1 Å². The van der Waals surface area contributed by atoms with Gasteiger partial charge in [-0.1, -0.05) is 20.8 Å². The molecule has 0 spiro atoms. The number of benzene rings is 1. The molecule has 9 nitrogen and oxygen atoms in total. The van der Waals surface area contributed by atoms with E-state index in [1.807, 2.05) is 0 Å². The Kier molecular flexibility index (Phi) is 6.09. The van der Waals surface area contributed by atoms with Crippen LogP contribution in [0.2, 0.25) is 0 Å². The second-order valence-electron chi connectivity index (χ2n) is 10.2. The summed E-state index contributed by atoms with van der Waals surface area (Å²) in [7, 11) is 0. The largest absolute Gasteiger partial charge is 0.336 e. The van der Waals surface area contributed by atoms with Crippen molar-refractivity contribution in [2.75, 3.05) is 32.7 Å². The molecular formula is C24H30N4O5. The maximum Gasteiger partial charge on any atom is 0.262 e. The first-order chi connectivity index (χ1) is 15.5. The van der Waals surface area contributed by atoms with E-state index in [2.05, 4.69) is 31.0 Å². The molecule has 3 aliphatic rings. The van der Waals surface area contributed by atoms with Crippen LogP contribution in [-0.2, 0) is 9.59 Å². The van der Waals surface area contributed by atoms with Crippen molar-refractivity contribution in [3.05, 3.63) is 34.9 Å². The van der Waals surface area contributed by atoms with Crippen LogP contribution in [0.4, 0.5) is 0 Å². The van der Waals surface area contributed by atoms with Gasteiger partial charge in [0.15, 0.2) is 0 Å². The van der Waals surface area contributed by atoms with Gasteiger partial charge in [0, 0.05) is 38.2 Å². The zero-order chi connectivity index (χ0) is 23.9. The molecular weight excluding hydrogens is 424 g/mol. The molecule has 2 saturated heterocycles.